The highest BCUT2D eigenvalue weighted by molar-refractivity contribution is 7.89. The van der Waals surface area contributed by atoms with Crippen LogP contribution in [0.1, 0.15) is 12.8 Å². The molecular weight excluding hydrogens is 380 g/mol. The first-order chi connectivity index (χ1) is 12.9. The second kappa shape index (κ2) is 8.59. The van der Waals surface area contributed by atoms with Crippen molar-refractivity contribution in [2.75, 3.05) is 45.9 Å². The van der Waals surface area contributed by atoms with Crippen LogP contribution in [0.5, 0.6) is 0 Å². The van der Waals surface area contributed by atoms with Crippen molar-refractivity contribution < 1.29 is 26.7 Å². The second-order valence-electron chi connectivity index (χ2n) is 6.69. The molecule has 1 aromatic carbocycles. The smallest absolute Gasteiger partial charge is 0.246 e. The number of piperazine rings is 1. The molecule has 27 heavy (non-hydrogen) atoms. The predicted molar refractivity (Wildman–Crippen MR) is 93.5 cm³/mol. The van der Waals surface area contributed by atoms with Crippen LogP contribution < -0.4 is 5.32 Å². The molecule has 10 heteroatoms. The van der Waals surface area contributed by atoms with E-state index in [-0.39, 0.29) is 31.6 Å². The SMILES string of the molecule is O=C(CN1CCN(S(=O)(=O)c2ccc(F)cc2F)CC1)NC[C@H]1CCCO1. The van der Waals surface area contributed by atoms with Crippen molar-refractivity contribution in [2.45, 2.75) is 23.8 Å². The van der Waals surface area contributed by atoms with E-state index in [1.165, 1.54) is 0 Å². The van der Waals surface area contributed by atoms with Crippen LogP contribution in [0.3, 0.4) is 0 Å². The lowest BCUT2D eigenvalue weighted by molar-refractivity contribution is -0.123. The third-order valence-electron chi connectivity index (χ3n) is 4.76. The fraction of sp³-hybridized carbons (Fsp3) is 0.588. The Kier molecular flexibility index (Phi) is 6.40. The van der Waals surface area contributed by atoms with Gasteiger partial charge in [0.15, 0.2) is 0 Å². The van der Waals surface area contributed by atoms with E-state index in [0.717, 1.165) is 35.9 Å². The maximum absolute atomic E-state index is 13.8. The van der Waals surface area contributed by atoms with Gasteiger partial charge in [-0.2, -0.15) is 4.31 Å². The van der Waals surface area contributed by atoms with Gasteiger partial charge in [-0.25, -0.2) is 17.2 Å². The number of ether oxygens (including phenoxy) is 1. The zero-order chi connectivity index (χ0) is 19.4. The molecule has 0 bridgehead atoms. The topological polar surface area (TPSA) is 79.0 Å². The van der Waals surface area contributed by atoms with Crippen molar-refractivity contribution in [3.63, 3.8) is 0 Å². The number of rotatable bonds is 6. The van der Waals surface area contributed by atoms with E-state index in [2.05, 4.69) is 5.32 Å². The average molecular weight is 403 g/mol. The minimum atomic E-state index is -4.03. The number of hydrogen-bond acceptors (Lipinski definition) is 5. The summed E-state index contributed by atoms with van der Waals surface area (Å²) in [5.41, 5.74) is 0. The van der Waals surface area contributed by atoms with Gasteiger partial charge in [-0.15, -0.1) is 0 Å². The Hall–Kier alpha value is -1.62. The molecule has 2 heterocycles. The molecule has 0 aliphatic carbocycles. The van der Waals surface area contributed by atoms with Gasteiger partial charge in [0.2, 0.25) is 15.9 Å². The van der Waals surface area contributed by atoms with Crippen LogP contribution in [0.2, 0.25) is 0 Å². The molecule has 3 rings (SSSR count). The minimum Gasteiger partial charge on any atom is -0.376 e. The summed E-state index contributed by atoms with van der Waals surface area (Å²) in [4.78, 5) is 13.3. The Bertz CT molecular complexity index is 776. The zero-order valence-corrected chi connectivity index (χ0v) is 15.7. The normalized spacial score (nSPS) is 22.1. The van der Waals surface area contributed by atoms with Crippen LogP contribution in [0.25, 0.3) is 0 Å². The number of amides is 1. The highest BCUT2D eigenvalue weighted by atomic mass is 32.2. The second-order valence-corrected chi connectivity index (χ2v) is 8.60. The van der Waals surface area contributed by atoms with E-state index >= 15 is 0 Å². The van der Waals surface area contributed by atoms with Crippen molar-refractivity contribution in [3.8, 4) is 0 Å². The zero-order valence-electron chi connectivity index (χ0n) is 14.9. The molecule has 0 unspecified atom stereocenters. The van der Waals surface area contributed by atoms with Gasteiger partial charge < -0.3 is 10.1 Å². The summed E-state index contributed by atoms with van der Waals surface area (Å²) in [5.74, 6) is -2.07. The van der Waals surface area contributed by atoms with Crippen LogP contribution in [0.15, 0.2) is 23.1 Å². The van der Waals surface area contributed by atoms with Gasteiger partial charge in [0.05, 0.1) is 12.6 Å². The third-order valence-corrected chi connectivity index (χ3v) is 6.69. The summed E-state index contributed by atoms with van der Waals surface area (Å²) < 4.78 is 58.6. The summed E-state index contributed by atoms with van der Waals surface area (Å²) in [6.45, 7) is 2.37. The summed E-state index contributed by atoms with van der Waals surface area (Å²) in [6, 6.07) is 2.41. The Morgan fingerprint density at radius 3 is 2.59 bits per heavy atom. The van der Waals surface area contributed by atoms with E-state index in [0.29, 0.717) is 25.7 Å². The first kappa shape index (κ1) is 20.1. The number of carbonyl (C=O) groups is 1. The van der Waals surface area contributed by atoms with Crippen molar-refractivity contribution in [3.05, 3.63) is 29.8 Å². The van der Waals surface area contributed by atoms with E-state index in [4.69, 9.17) is 4.74 Å². The predicted octanol–water partition coefficient (Wildman–Crippen LogP) is 0.566. The van der Waals surface area contributed by atoms with Gasteiger partial charge in [-0.05, 0) is 25.0 Å². The van der Waals surface area contributed by atoms with Crippen LogP contribution >= 0.6 is 0 Å². The summed E-state index contributed by atoms with van der Waals surface area (Å²) >= 11 is 0. The Morgan fingerprint density at radius 2 is 1.96 bits per heavy atom. The van der Waals surface area contributed by atoms with Gasteiger partial charge >= 0.3 is 0 Å². The Balaban J connectivity index is 1.49. The lowest BCUT2D eigenvalue weighted by atomic mass is 10.2. The number of benzene rings is 1. The van der Waals surface area contributed by atoms with Crippen molar-refractivity contribution in [1.29, 1.82) is 0 Å². The first-order valence-corrected chi connectivity index (χ1v) is 10.4. The van der Waals surface area contributed by atoms with Crippen LogP contribution in [-0.4, -0.2) is 75.5 Å². The number of nitrogens with zero attached hydrogens (tertiary/aromatic N) is 2. The number of sulfonamides is 1. The highest BCUT2D eigenvalue weighted by Crippen LogP contribution is 2.21. The largest absolute Gasteiger partial charge is 0.376 e. The van der Waals surface area contributed by atoms with Crippen LogP contribution in [0, 0.1) is 11.6 Å². The van der Waals surface area contributed by atoms with Crippen molar-refractivity contribution >= 4 is 15.9 Å². The van der Waals surface area contributed by atoms with Gasteiger partial charge in [0.1, 0.15) is 16.5 Å². The molecule has 0 spiro atoms. The van der Waals surface area contributed by atoms with Gasteiger partial charge in [0.25, 0.3) is 0 Å². The lowest BCUT2D eigenvalue weighted by Gasteiger charge is -2.33. The number of halogens is 2. The quantitative estimate of drug-likeness (QED) is 0.751. The molecular formula is C17H23F2N3O4S. The van der Waals surface area contributed by atoms with Gasteiger partial charge in [-0.1, -0.05) is 0 Å². The van der Waals surface area contributed by atoms with Gasteiger partial charge in [0, 0.05) is 45.4 Å². The molecule has 1 aromatic rings. The molecule has 2 fully saturated rings. The van der Waals surface area contributed by atoms with Crippen LogP contribution in [-0.2, 0) is 19.6 Å². The van der Waals surface area contributed by atoms with E-state index < -0.39 is 26.6 Å². The third kappa shape index (κ3) is 5.01. The van der Waals surface area contributed by atoms with E-state index in [9.17, 15) is 22.0 Å². The first-order valence-electron chi connectivity index (χ1n) is 8.92. The molecule has 1 N–H and O–H groups in total. The minimum absolute atomic E-state index is 0.0709. The molecule has 2 saturated heterocycles. The highest BCUT2D eigenvalue weighted by Gasteiger charge is 2.31. The van der Waals surface area contributed by atoms with Gasteiger partial charge in [-0.3, -0.25) is 9.69 Å². The maximum atomic E-state index is 13.8. The molecule has 0 radical (unpaired) electrons. The fourth-order valence-corrected chi connectivity index (χ4v) is 4.71. The molecule has 1 atom stereocenters. The summed E-state index contributed by atoms with van der Waals surface area (Å²) in [5, 5.41) is 2.83. The maximum Gasteiger partial charge on any atom is 0.246 e. The molecule has 1 amide bonds. The standard InChI is InChI=1S/C17H23F2N3O4S/c18-13-3-4-16(15(19)10-13)27(24,25)22-7-5-21(6-8-22)12-17(23)20-11-14-2-1-9-26-14/h3-4,10,14H,1-2,5-9,11-12H2,(H,20,23)/t14-/m1/s1. The lowest BCUT2D eigenvalue weighted by Crippen LogP contribution is -2.51. The van der Waals surface area contributed by atoms with Crippen molar-refractivity contribution in [1.82, 2.24) is 14.5 Å². The molecule has 2 aliphatic heterocycles. The molecule has 150 valence electrons. The number of carbonyl (C=O) groups excluding carboxylic acids is 1. The van der Waals surface area contributed by atoms with Crippen molar-refractivity contribution in [2.24, 2.45) is 0 Å². The van der Waals surface area contributed by atoms with E-state index in [1.54, 1.807) is 0 Å². The Labute approximate surface area is 157 Å². The monoisotopic (exact) mass is 403 g/mol. The number of hydrogen-bond donors (Lipinski definition) is 1. The van der Waals surface area contributed by atoms with E-state index in [1.807, 2.05) is 4.90 Å². The van der Waals surface area contributed by atoms with Crippen LogP contribution in [0.4, 0.5) is 8.78 Å². The summed E-state index contributed by atoms with van der Waals surface area (Å²) in [6.07, 6.45) is 2.02. The molecule has 2 aliphatic rings. The molecule has 7 nitrogen and oxygen atoms in total. The summed E-state index contributed by atoms with van der Waals surface area (Å²) in [7, 11) is -4.03. The fourth-order valence-electron chi connectivity index (χ4n) is 3.24. The average Bonchev–Trinajstić information content (AvgIpc) is 3.14. The molecule has 0 aromatic heterocycles. The number of nitrogens with one attached hydrogen (secondary N) is 1. The Morgan fingerprint density at radius 1 is 1.22 bits per heavy atom. The molecule has 0 saturated carbocycles.